The minimum Gasteiger partial charge on any atom is -0.488 e. The molecule has 0 unspecified atom stereocenters. The van der Waals surface area contributed by atoms with Crippen LogP contribution in [0.3, 0.4) is 0 Å². The molecule has 4 aromatic rings. The number of carbonyl (C=O) groups is 1. The van der Waals surface area contributed by atoms with Crippen molar-refractivity contribution in [1.82, 2.24) is 19.5 Å². The number of imidazole rings is 1. The molecule has 0 saturated carbocycles. The minimum atomic E-state index is -1.29. The highest BCUT2D eigenvalue weighted by Crippen LogP contribution is 2.45. The summed E-state index contributed by atoms with van der Waals surface area (Å²) < 4.78 is 28.5. The molecule has 1 saturated heterocycles. The molecule has 1 fully saturated rings. The van der Waals surface area contributed by atoms with Crippen molar-refractivity contribution in [2.45, 2.75) is 32.4 Å². The van der Waals surface area contributed by atoms with Crippen molar-refractivity contribution < 1.29 is 23.8 Å². The van der Waals surface area contributed by atoms with Crippen LogP contribution in [-0.4, -0.2) is 56.9 Å². The topological polar surface area (TPSA) is 115 Å². The molecule has 4 heterocycles. The predicted octanol–water partition coefficient (Wildman–Crippen LogP) is 4.57. The Labute approximate surface area is 228 Å². The summed E-state index contributed by atoms with van der Waals surface area (Å²) in [5.41, 5.74) is 1.36. The van der Waals surface area contributed by atoms with Gasteiger partial charge in [-0.25, -0.2) is 19.3 Å². The first-order valence-corrected chi connectivity index (χ1v) is 12.9. The number of anilines is 3. The highest BCUT2D eigenvalue weighted by Gasteiger charge is 2.34. The lowest BCUT2D eigenvalue weighted by Gasteiger charge is -2.28. The lowest BCUT2D eigenvalue weighted by molar-refractivity contribution is -0.125. The van der Waals surface area contributed by atoms with Crippen LogP contribution in [0.15, 0.2) is 36.5 Å². The van der Waals surface area contributed by atoms with Crippen LogP contribution in [0.25, 0.3) is 22.3 Å². The average molecular weight is 553 g/mol. The summed E-state index contributed by atoms with van der Waals surface area (Å²) in [7, 11) is 0. The van der Waals surface area contributed by atoms with Crippen LogP contribution in [0.4, 0.5) is 21.7 Å². The van der Waals surface area contributed by atoms with Gasteiger partial charge in [-0.2, -0.15) is 0 Å². The van der Waals surface area contributed by atoms with Crippen LogP contribution >= 0.6 is 11.6 Å². The summed E-state index contributed by atoms with van der Waals surface area (Å²) in [6, 6.07) is 8.40. The van der Waals surface area contributed by atoms with Crippen molar-refractivity contribution in [2.75, 3.05) is 36.6 Å². The van der Waals surface area contributed by atoms with E-state index in [-0.39, 0.29) is 40.7 Å². The van der Waals surface area contributed by atoms with Gasteiger partial charge in [-0.05, 0) is 51.1 Å². The second-order valence-corrected chi connectivity index (χ2v) is 10.5. The van der Waals surface area contributed by atoms with Gasteiger partial charge in [-0.3, -0.25) is 4.79 Å². The fraction of sp³-hybridized carbons (Fsp3) is 0.333. The Morgan fingerprint density at radius 1 is 1.23 bits per heavy atom. The van der Waals surface area contributed by atoms with Crippen LogP contribution < -0.4 is 15.0 Å². The number of aliphatic hydroxyl groups is 1. The van der Waals surface area contributed by atoms with Crippen molar-refractivity contribution in [1.29, 1.82) is 0 Å². The van der Waals surface area contributed by atoms with Crippen molar-refractivity contribution >= 4 is 45.9 Å². The lowest BCUT2D eigenvalue weighted by atomic mass is 10.1. The van der Waals surface area contributed by atoms with Gasteiger partial charge in [-0.15, -0.1) is 0 Å². The van der Waals surface area contributed by atoms with Gasteiger partial charge in [0, 0.05) is 23.5 Å². The minimum absolute atomic E-state index is 0.0677. The molecule has 2 aromatic heterocycles. The Morgan fingerprint density at radius 3 is 2.72 bits per heavy atom. The maximum Gasteiger partial charge on any atom is 0.253 e. The standard InChI is InChI=1S/C27H26ClFN6O4/c1-14-12-39-24-17(10-19(29)22-23(24)35(14)25(32-22)27(2,3)37)21-18(28)11-30-26(33-21)31-15-4-6-16(7-5-15)34-8-9-38-13-20(34)36/h4-7,10-11,14,37H,8-9,12-13H2,1-3H3,(H,30,31,33)/t14-/m0/s1. The fourth-order valence-electron chi connectivity index (χ4n) is 4.93. The first-order valence-electron chi connectivity index (χ1n) is 12.5. The van der Waals surface area contributed by atoms with Crippen LogP contribution in [-0.2, 0) is 15.1 Å². The zero-order chi connectivity index (χ0) is 27.5. The first kappa shape index (κ1) is 25.5. The van der Waals surface area contributed by atoms with E-state index in [0.717, 1.165) is 5.69 Å². The molecule has 1 amide bonds. The first-order chi connectivity index (χ1) is 18.6. The van der Waals surface area contributed by atoms with Gasteiger partial charge in [0.05, 0.1) is 29.6 Å². The second-order valence-electron chi connectivity index (χ2n) is 10.1. The Kier molecular flexibility index (Phi) is 6.17. The number of aromatic nitrogens is 4. The van der Waals surface area contributed by atoms with Crippen LogP contribution in [0.1, 0.15) is 32.6 Å². The Morgan fingerprint density at radius 2 is 2.00 bits per heavy atom. The van der Waals surface area contributed by atoms with Gasteiger partial charge in [-0.1, -0.05) is 11.6 Å². The molecule has 2 aliphatic heterocycles. The third kappa shape index (κ3) is 4.46. The zero-order valence-corrected chi connectivity index (χ0v) is 22.3. The summed E-state index contributed by atoms with van der Waals surface area (Å²) in [6.07, 6.45) is 1.44. The number of morpholine rings is 1. The summed E-state index contributed by atoms with van der Waals surface area (Å²) in [5.74, 6) is 0.311. The largest absolute Gasteiger partial charge is 0.488 e. The van der Waals surface area contributed by atoms with Crippen LogP contribution in [0, 0.1) is 5.82 Å². The molecule has 10 nitrogen and oxygen atoms in total. The molecular weight excluding hydrogens is 527 g/mol. The van der Waals surface area contributed by atoms with Crippen LogP contribution in [0.2, 0.25) is 5.02 Å². The maximum absolute atomic E-state index is 15.4. The number of amides is 1. The number of benzene rings is 2. The molecule has 1 atom stereocenters. The highest BCUT2D eigenvalue weighted by molar-refractivity contribution is 6.33. The summed E-state index contributed by atoms with van der Waals surface area (Å²) in [5, 5.41) is 14.1. The number of halogens is 2. The highest BCUT2D eigenvalue weighted by atomic mass is 35.5. The number of ether oxygens (including phenoxy) is 2. The smallest absolute Gasteiger partial charge is 0.253 e. The third-order valence-electron chi connectivity index (χ3n) is 6.75. The second kappa shape index (κ2) is 9.44. The SMILES string of the molecule is C[C@H]1COc2c(-c3nc(Nc4ccc(N5CCOCC5=O)cc4)ncc3Cl)cc(F)c3nc(C(C)(C)O)n1c23. The average Bonchev–Trinajstić information content (AvgIpc) is 3.33. The quantitative estimate of drug-likeness (QED) is 0.370. The number of rotatable bonds is 5. The van der Waals surface area contributed by atoms with Gasteiger partial charge in [0.25, 0.3) is 5.91 Å². The maximum atomic E-state index is 15.4. The van der Waals surface area contributed by atoms with E-state index < -0.39 is 11.4 Å². The van der Waals surface area contributed by atoms with E-state index in [4.69, 9.17) is 21.1 Å². The van der Waals surface area contributed by atoms with E-state index in [9.17, 15) is 9.90 Å². The van der Waals surface area contributed by atoms with Gasteiger partial charge in [0.1, 0.15) is 35.7 Å². The third-order valence-corrected chi connectivity index (χ3v) is 7.02. The fourth-order valence-corrected chi connectivity index (χ4v) is 5.12. The number of nitrogens with zero attached hydrogens (tertiary/aromatic N) is 5. The van der Waals surface area contributed by atoms with Gasteiger partial charge in [0.15, 0.2) is 11.6 Å². The molecule has 202 valence electrons. The van der Waals surface area contributed by atoms with Crippen molar-refractivity contribution in [2.24, 2.45) is 0 Å². The summed E-state index contributed by atoms with van der Waals surface area (Å²) in [6.45, 7) is 6.50. The zero-order valence-electron chi connectivity index (χ0n) is 21.5. The molecule has 12 heteroatoms. The van der Waals surface area contributed by atoms with Crippen LogP contribution in [0.5, 0.6) is 5.75 Å². The molecule has 2 aromatic carbocycles. The van der Waals surface area contributed by atoms with E-state index in [0.29, 0.717) is 48.1 Å². The molecule has 2 aliphatic rings. The Bertz CT molecular complexity index is 1600. The predicted molar refractivity (Wildman–Crippen MR) is 144 cm³/mol. The molecular formula is C27H26ClFN6O4. The van der Waals surface area contributed by atoms with E-state index in [1.807, 2.05) is 35.8 Å². The summed E-state index contributed by atoms with van der Waals surface area (Å²) in [4.78, 5) is 27.1. The Hall–Kier alpha value is -3.80. The summed E-state index contributed by atoms with van der Waals surface area (Å²) >= 11 is 6.51. The Balaban J connectivity index is 1.37. The number of hydrogen-bond donors (Lipinski definition) is 2. The van der Waals surface area contributed by atoms with Gasteiger partial charge < -0.3 is 29.4 Å². The molecule has 0 bridgehead atoms. The molecule has 0 aliphatic carbocycles. The molecule has 0 radical (unpaired) electrons. The monoisotopic (exact) mass is 552 g/mol. The molecule has 39 heavy (non-hydrogen) atoms. The number of carbonyl (C=O) groups excluding carboxylic acids is 1. The van der Waals surface area contributed by atoms with Crippen molar-refractivity contribution in [3.63, 3.8) is 0 Å². The van der Waals surface area contributed by atoms with Gasteiger partial charge >= 0.3 is 0 Å². The van der Waals surface area contributed by atoms with Crippen molar-refractivity contribution in [3.05, 3.63) is 53.2 Å². The lowest BCUT2D eigenvalue weighted by Crippen LogP contribution is -2.41. The number of nitrogens with one attached hydrogen (secondary N) is 1. The number of hydrogen-bond acceptors (Lipinski definition) is 8. The van der Waals surface area contributed by atoms with E-state index in [2.05, 4.69) is 20.3 Å². The van der Waals surface area contributed by atoms with Crippen molar-refractivity contribution in [3.8, 4) is 17.0 Å². The van der Waals surface area contributed by atoms with E-state index in [1.165, 1.54) is 12.3 Å². The van der Waals surface area contributed by atoms with E-state index >= 15 is 4.39 Å². The molecule has 2 N–H and O–H groups in total. The van der Waals surface area contributed by atoms with Gasteiger partial charge in [0.2, 0.25) is 5.95 Å². The van der Waals surface area contributed by atoms with E-state index in [1.54, 1.807) is 18.7 Å². The molecule has 6 rings (SSSR count). The molecule has 0 spiro atoms. The normalized spacial score (nSPS) is 17.4.